The van der Waals surface area contributed by atoms with Crippen LogP contribution in [0.25, 0.3) is 0 Å². The lowest BCUT2D eigenvalue weighted by Gasteiger charge is -2.41. The summed E-state index contributed by atoms with van der Waals surface area (Å²) >= 11 is 0. The first-order chi connectivity index (χ1) is 30.0. The molecule has 1 rings (SSSR count). The quantitative estimate of drug-likeness (QED) is 0.0194. The van der Waals surface area contributed by atoms with E-state index in [1.54, 1.807) is 0 Å². The highest BCUT2D eigenvalue weighted by Crippen LogP contribution is 2.26. The van der Waals surface area contributed by atoms with Gasteiger partial charge in [-0.2, -0.15) is 8.42 Å². The van der Waals surface area contributed by atoms with Gasteiger partial charge in [-0.3, -0.25) is 9.35 Å². The average Bonchev–Trinajstić information content (AvgIpc) is 3.24. The molecule has 1 aliphatic rings. The molecule has 0 aromatic heterocycles. The number of ether oxygens (including phenoxy) is 2. The van der Waals surface area contributed by atoms with Crippen LogP contribution in [0.2, 0.25) is 0 Å². The standard InChI is InChI=1S/C49H95NO11S/c1-3-5-7-9-11-13-15-17-19-21-22-23-24-26-28-30-32-34-36-38-43(52)42(41-59-49-47(55)48(61-62(56,57)58)46(54)44(40-51)60-49)50-45(53)39-37-35-33-31-29-27-25-20-18-16-14-12-10-8-6-4-2/h20,25,42-44,46-49,51-52,54-55H,3-19,21-24,26-41H2,1-2H3,(H,50,53)(H,56,57,58)/b25-20-. The largest absolute Gasteiger partial charge is 0.397 e. The second-order valence-electron chi connectivity index (χ2n) is 18.1. The Morgan fingerprint density at radius 2 is 1.03 bits per heavy atom. The van der Waals surface area contributed by atoms with Crippen LogP contribution in [-0.2, 0) is 28.9 Å². The van der Waals surface area contributed by atoms with Crippen LogP contribution >= 0.6 is 0 Å². The molecule has 13 heteroatoms. The molecule has 1 amide bonds. The second-order valence-corrected chi connectivity index (χ2v) is 19.2. The number of nitrogens with one attached hydrogen (secondary N) is 1. The highest BCUT2D eigenvalue weighted by Gasteiger charge is 2.48. The number of hydrogen-bond donors (Lipinski definition) is 6. The Morgan fingerprint density at radius 1 is 0.629 bits per heavy atom. The van der Waals surface area contributed by atoms with Gasteiger partial charge in [-0.25, -0.2) is 4.18 Å². The van der Waals surface area contributed by atoms with Gasteiger partial charge < -0.3 is 35.2 Å². The van der Waals surface area contributed by atoms with Crippen molar-refractivity contribution in [3.8, 4) is 0 Å². The summed E-state index contributed by atoms with van der Waals surface area (Å²) in [5, 5.41) is 45.0. The zero-order chi connectivity index (χ0) is 45.5. The lowest BCUT2D eigenvalue weighted by molar-refractivity contribution is -0.298. The third-order valence-corrected chi connectivity index (χ3v) is 12.8. The van der Waals surface area contributed by atoms with Gasteiger partial charge in [0.25, 0.3) is 0 Å². The minimum absolute atomic E-state index is 0.236. The Labute approximate surface area is 379 Å². The van der Waals surface area contributed by atoms with E-state index in [1.807, 2.05) is 0 Å². The summed E-state index contributed by atoms with van der Waals surface area (Å²) < 4.78 is 47.8. The molecule has 1 fully saturated rings. The third kappa shape index (κ3) is 32.5. The summed E-state index contributed by atoms with van der Waals surface area (Å²) in [6, 6.07) is -0.859. The Balaban J connectivity index is 2.44. The number of hydrogen-bond acceptors (Lipinski definition) is 10. The molecular weight excluding hydrogens is 811 g/mol. The first-order valence-electron chi connectivity index (χ1n) is 25.6. The first-order valence-corrected chi connectivity index (χ1v) is 26.9. The molecule has 6 N–H and O–H groups in total. The Morgan fingerprint density at radius 3 is 1.45 bits per heavy atom. The van der Waals surface area contributed by atoms with Crippen molar-refractivity contribution in [2.45, 2.75) is 281 Å². The summed E-state index contributed by atoms with van der Waals surface area (Å²) in [5.41, 5.74) is 0. The highest BCUT2D eigenvalue weighted by molar-refractivity contribution is 7.80. The summed E-state index contributed by atoms with van der Waals surface area (Å²) in [7, 11) is -5.08. The zero-order valence-electron chi connectivity index (χ0n) is 39.5. The minimum atomic E-state index is -5.08. The summed E-state index contributed by atoms with van der Waals surface area (Å²) in [4.78, 5) is 13.1. The maximum atomic E-state index is 13.1. The number of allylic oxidation sites excluding steroid dienone is 2. The van der Waals surface area contributed by atoms with E-state index in [2.05, 4.69) is 35.5 Å². The molecule has 7 unspecified atom stereocenters. The van der Waals surface area contributed by atoms with Gasteiger partial charge in [-0.15, -0.1) is 0 Å². The number of carbonyl (C=O) groups excluding carboxylic acids is 1. The SMILES string of the molecule is CCCCCCCCC/C=C\CCCCCCCC(=O)NC(COC1OC(CO)C(O)C(OS(=O)(=O)O)C1O)C(O)CCCCCCCCCCCCCCCCCCCCC. The van der Waals surface area contributed by atoms with Gasteiger partial charge >= 0.3 is 10.4 Å². The summed E-state index contributed by atoms with van der Waals surface area (Å²) in [6.45, 7) is 3.46. The Bertz CT molecular complexity index is 1160. The Hall–Kier alpha value is -1.16. The van der Waals surface area contributed by atoms with E-state index in [9.17, 15) is 38.2 Å². The van der Waals surface area contributed by atoms with Gasteiger partial charge in [0.1, 0.15) is 24.4 Å². The van der Waals surface area contributed by atoms with E-state index < -0.39 is 59.9 Å². The fourth-order valence-electron chi connectivity index (χ4n) is 8.34. The molecule has 1 saturated heterocycles. The molecule has 1 aliphatic heterocycles. The molecule has 0 aliphatic carbocycles. The fourth-order valence-corrected chi connectivity index (χ4v) is 8.85. The molecule has 12 nitrogen and oxygen atoms in total. The van der Waals surface area contributed by atoms with Crippen LogP contribution in [0.3, 0.4) is 0 Å². The van der Waals surface area contributed by atoms with Crippen molar-refractivity contribution in [1.29, 1.82) is 0 Å². The molecule has 7 atom stereocenters. The third-order valence-electron chi connectivity index (χ3n) is 12.3. The van der Waals surface area contributed by atoms with Crippen molar-refractivity contribution >= 4 is 16.3 Å². The minimum Gasteiger partial charge on any atom is -0.394 e. The van der Waals surface area contributed by atoms with Crippen molar-refractivity contribution in [3.63, 3.8) is 0 Å². The number of amides is 1. The first kappa shape index (κ1) is 58.9. The lowest BCUT2D eigenvalue weighted by Crippen LogP contribution is -2.61. The predicted molar refractivity (Wildman–Crippen MR) is 250 cm³/mol. The molecule has 0 aromatic rings. The Kier molecular flexibility index (Phi) is 38.1. The van der Waals surface area contributed by atoms with Crippen LogP contribution in [0.4, 0.5) is 0 Å². The van der Waals surface area contributed by atoms with Gasteiger partial charge in [-0.1, -0.05) is 206 Å². The van der Waals surface area contributed by atoms with Crippen molar-refractivity contribution in [1.82, 2.24) is 5.32 Å². The maximum Gasteiger partial charge on any atom is 0.397 e. The van der Waals surface area contributed by atoms with Crippen LogP contribution in [0.5, 0.6) is 0 Å². The van der Waals surface area contributed by atoms with E-state index in [0.29, 0.717) is 12.8 Å². The van der Waals surface area contributed by atoms with Crippen molar-refractivity contribution in [3.05, 3.63) is 12.2 Å². The molecule has 368 valence electrons. The van der Waals surface area contributed by atoms with Crippen molar-refractivity contribution in [2.75, 3.05) is 13.2 Å². The lowest BCUT2D eigenvalue weighted by atomic mass is 9.99. The molecular formula is C49H95NO11S. The smallest absolute Gasteiger partial charge is 0.394 e. The van der Waals surface area contributed by atoms with E-state index in [4.69, 9.17) is 9.47 Å². The van der Waals surface area contributed by atoms with Crippen LogP contribution < -0.4 is 5.32 Å². The molecule has 1 heterocycles. The van der Waals surface area contributed by atoms with Crippen LogP contribution in [0, 0.1) is 0 Å². The predicted octanol–water partition coefficient (Wildman–Crippen LogP) is 10.7. The van der Waals surface area contributed by atoms with E-state index in [-0.39, 0.29) is 18.9 Å². The van der Waals surface area contributed by atoms with Gasteiger partial charge in [0.2, 0.25) is 5.91 Å². The number of unbranched alkanes of at least 4 members (excludes halogenated alkanes) is 30. The molecule has 0 aromatic carbocycles. The molecule has 0 bridgehead atoms. The van der Waals surface area contributed by atoms with Crippen molar-refractivity contribution in [2.24, 2.45) is 0 Å². The van der Waals surface area contributed by atoms with Gasteiger partial charge in [0.15, 0.2) is 6.29 Å². The van der Waals surface area contributed by atoms with Gasteiger partial charge in [-0.05, 0) is 38.5 Å². The monoisotopic (exact) mass is 906 g/mol. The van der Waals surface area contributed by atoms with Crippen LogP contribution in [0.1, 0.15) is 239 Å². The maximum absolute atomic E-state index is 13.1. The van der Waals surface area contributed by atoms with Gasteiger partial charge in [0, 0.05) is 6.42 Å². The topological polar surface area (TPSA) is 192 Å². The fraction of sp³-hybridized carbons (Fsp3) is 0.939. The summed E-state index contributed by atoms with van der Waals surface area (Å²) in [5.74, 6) is -0.236. The number of aliphatic hydroxyl groups is 4. The van der Waals surface area contributed by atoms with Crippen LogP contribution in [-0.4, -0.2) is 95.4 Å². The van der Waals surface area contributed by atoms with E-state index >= 15 is 0 Å². The van der Waals surface area contributed by atoms with E-state index in [1.165, 1.54) is 141 Å². The second kappa shape index (κ2) is 40.1. The average molecular weight is 906 g/mol. The highest BCUT2D eigenvalue weighted by atomic mass is 32.3. The molecule has 0 saturated carbocycles. The molecule has 62 heavy (non-hydrogen) atoms. The number of carbonyl (C=O) groups is 1. The van der Waals surface area contributed by atoms with Crippen LogP contribution in [0.15, 0.2) is 12.2 Å². The normalized spacial score (nSPS) is 20.5. The van der Waals surface area contributed by atoms with E-state index in [0.717, 1.165) is 64.2 Å². The number of aliphatic hydroxyl groups excluding tert-OH is 4. The number of rotatable bonds is 44. The molecule has 0 radical (unpaired) electrons. The molecule has 0 spiro atoms. The van der Waals surface area contributed by atoms with Crippen molar-refractivity contribution < 1.29 is 51.8 Å². The zero-order valence-corrected chi connectivity index (χ0v) is 40.3. The summed E-state index contributed by atoms with van der Waals surface area (Å²) in [6.07, 6.45) is 36.3. The van der Waals surface area contributed by atoms with Gasteiger partial charge in [0.05, 0.1) is 25.4 Å².